The minimum absolute atomic E-state index is 0.298. The van der Waals surface area contributed by atoms with Gasteiger partial charge in [-0.25, -0.2) is 14.1 Å². The molecule has 110 valence electrons. The lowest BCUT2D eigenvalue weighted by Crippen LogP contribution is -2.12. The molecule has 0 fully saturated rings. The second kappa shape index (κ2) is 5.77. The van der Waals surface area contributed by atoms with Crippen LogP contribution in [0.5, 0.6) is 0 Å². The lowest BCUT2D eigenvalue weighted by Gasteiger charge is -2.07. The Morgan fingerprint density at radius 1 is 1.18 bits per heavy atom. The van der Waals surface area contributed by atoms with Crippen molar-refractivity contribution >= 4 is 11.6 Å². The predicted molar refractivity (Wildman–Crippen MR) is 80.4 cm³/mol. The van der Waals surface area contributed by atoms with Crippen LogP contribution in [-0.2, 0) is 0 Å². The van der Waals surface area contributed by atoms with E-state index in [0.29, 0.717) is 16.8 Å². The van der Waals surface area contributed by atoms with Crippen LogP contribution in [0.4, 0.5) is 10.1 Å². The Kier molecular flexibility index (Phi) is 3.65. The molecule has 3 rings (SSSR count). The highest BCUT2D eigenvalue weighted by Gasteiger charge is 2.08. The van der Waals surface area contributed by atoms with Crippen LogP contribution in [0.2, 0.25) is 0 Å². The van der Waals surface area contributed by atoms with Crippen LogP contribution in [0.1, 0.15) is 15.9 Å². The van der Waals surface area contributed by atoms with Crippen molar-refractivity contribution in [3.8, 4) is 5.69 Å². The summed E-state index contributed by atoms with van der Waals surface area (Å²) in [5.41, 5.74) is 2.24. The van der Waals surface area contributed by atoms with Gasteiger partial charge in [-0.1, -0.05) is 6.07 Å². The fourth-order valence-electron chi connectivity index (χ4n) is 1.98. The first-order valence-corrected chi connectivity index (χ1v) is 6.66. The number of hydrogen-bond donors (Lipinski definition) is 1. The van der Waals surface area contributed by atoms with Crippen molar-refractivity contribution in [2.75, 3.05) is 5.32 Å². The quantitative estimate of drug-likeness (QED) is 0.808. The van der Waals surface area contributed by atoms with Gasteiger partial charge < -0.3 is 5.32 Å². The number of aryl methyl sites for hydroxylation is 1. The molecule has 6 heteroatoms. The Labute approximate surface area is 126 Å². The minimum Gasteiger partial charge on any atom is -0.322 e. The second-order valence-electron chi connectivity index (χ2n) is 4.81. The molecule has 1 aromatic heterocycles. The minimum atomic E-state index is -0.348. The Morgan fingerprint density at radius 2 is 1.95 bits per heavy atom. The molecule has 0 unspecified atom stereocenters. The summed E-state index contributed by atoms with van der Waals surface area (Å²) in [7, 11) is 0. The number of rotatable bonds is 3. The van der Waals surface area contributed by atoms with Gasteiger partial charge in [0.15, 0.2) is 0 Å². The topological polar surface area (TPSA) is 59.8 Å². The molecule has 0 bridgehead atoms. The molecule has 0 saturated heterocycles. The van der Waals surface area contributed by atoms with E-state index >= 15 is 0 Å². The van der Waals surface area contributed by atoms with Crippen molar-refractivity contribution in [2.45, 2.75) is 6.92 Å². The van der Waals surface area contributed by atoms with E-state index in [1.807, 2.05) is 0 Å². The van der Waals surface area contributed by atoms with Gasteiger partial charge in [0.2, 0.25) is 0 Å². The summed E-state index contributed by atoms with van der Waals surface area (Å²) >= 11 is 0. The molecular weight excluding hydrogens is 283 g/mol. The van der Waals surface area contributed by atoms with Crippen LogP contribution in [0.15, 0.2) is 55.1 Å². The molecule has 0 radical (unpaired) electrons. The van der Waals surface area contributed by atoms with Gasteiger partial charge in [0, 0.05) is 11.3 Å². The number of anilines is 1. The first kappa shape index (κ1) is 13.9. The number of nitrogens with one attached hydrogen (secondary N) is 1. The fourth-order valence-corrected chi connectivity index (χ4v) is 1.98. The van der Waals surface area contributed by atoms with E-state index in [1.165, 1.54) is 12.4 Å². The number of benzene rings is 2. The molecule has 3 aromatic rings. The standard InChI is InChI=1S/C16H13FN4O/c1-11-2-5-13(8-15(11)17)20-16(22)12-3-6-14(7-4-12)21-10-18-9-19-21/h2-10H,1H3,(H,20,22). The normalized spacial score (nSPS) is 10.5. The average molecular weight is 296 g/mol. The maximum atomic E-state index is 13.5. The third kappa shape index (κ3) is 2.85. The van der Waals surface area contributed by atoms with E-state index in [2.05, 4.69) is 15.4 Å². The van der Waals surface area contributed by atoms with Crippen molar-refractivity contribution in [1.82, 2.24) is 14.8 Å². The molecule has 0 aliphatic rings. The summed E-state index contributed by atoms with van der Waals surface area (Å²) in [5, 5.41) is 6.68. The van der Waals surface area contributed by atoms with E-state index in [0.717, 1.165) is 5.69 Å². The van der Waals surface area contributed by atoms with E-state index in [1.54, 1.807) is 54.3 Å². The van der Waals surface area contributed by atoms with Gasteiger partial charge in [0.05, 0.1) is 5.69 Å². The Hall–Kier alpha value is -3.02. The van der Waals surface area contributed by atoms with Crippen molar-refractivity contribution in [3.05, 3.63) is 72.1 Å². The van der Waals surface area contributed by atoms with Gasteiger partial charge in [0.1, 0.15) is 18.5 Å². The molecule has 1 N–H and O–H groups in total. The molecule has 0 atom stereocenters. The lowest BCUT2D eigenvalue weighted by atomic mass is 10.1. The zero-order valence-electron chi connectivity index (χ0n) is 11.8. The molecule has 2 aromatic carbocycles. The lowest BCUT2D eigenvalue weighted by molar-refractivity contribution is 0.102. The van der Waals surface area contributed by atoms with Crippen LogP contribution in [0.3, 0.4) is 0 Å². The summed E-state index contributed by atoms with van der Waals surface area (Å²) in [6.07, 6.45) is 3.01. The monoisotopic (exact) mass is 296 g/mol. The molecule has 1 heterocycles. The van der Waals surface area contributed by atoms with E-state index in [9.17, 15) is 9.18 Å². The van der Waals surface area contributed by atoms with E-state index in [4.69, 9.17) is 0 Å². The van der Waals surface area contributed by atoms with Gasteiger partial charge in [0.25, 0.3) is 5.91 Å². The molecule has 22 heavy (non-hydrogen) atoms. The highest BCUT2D eigenvalue weighted by molar-refractivity contribution is 6.04. The van der Waals surface area contributed by atoms with Crippen molar-refractivity contribution in [1.29, 1.82) is 0 Å². The Morgan fingerprint density at radius 3 is 2.59 bits per heavy atom. The van der Waals surface area contributed by atoms with Gasteiger partial charge in [-0.2, -0.15) is 5.10 Å². The molecule has 0 saturated carbocycles. The first-order chi connectivity index (χ1) is 10.6. The van der Waals surface area contributed by atoms with Crippen molar-refractivity contribution < 1.29 is 9.18 Å². The van der Waals surface area contributed by atoms with Crippen molar-refractivity contribution in [3.63, 3.8) is 0 Å². The van der Waals surface area contributed by atoms with E-state index < -0.39 is 0 Å². The maximum absolute atomic E-state index is 13.5. The van der Waals surface area contributed by atoms with Crippen LogP contribution in [0.25, 0.3) is 5.69 Å². The number of amides is 1. The number of aromatic nitrogens is 3. The summed E-state index contributed by atoms with van der Waals surface area (Å²) < 4.78 is 15.1. The average Bonchev–Trinajstić information content (AvgIpc) is 3.05. The number of hydrogen-bond acceptors (Lipinski definition) is 3. The Bertz CT molecular complexity index is 798. The number of carbonyl (C=O) groups excluding carboxylic acids is 1. The zero-order chi connectivity index (χ0) is 15.5. The fraction of sp³-hybridized carbons (Fsp3) is 0.0625. The molecule has 5 nitrogen and oxygen atoms in total. The highest BCUT2D eigenvalue weighted by Crippen LogP contribution is 2.15. The molecule has 0 spiro atoms. The maximum Gasteiger partial charge on any atom is 0.255 e. The predicted octanol–water partition coefficient (Wildman–Crippen LogP) is 2.97. The van der Waals surface area contributed by atoms with Gasteiger partial charge >= 0.3 is 0 Å². The molecular formula is C16H13FN4O. The largest absolute Gasteiger partial charge is 0.322 e. The zero-order valence-corrected chi connectivity index (χ0v) is 11.8. The van der Waals surface area contributed by atoms with Gasteiger partial charge in [-0.15, -0.1) is 0 Å². The number of nitrogens with zero attached hydrogens (tertiary/aromatic N) is 3. The van der Waals surface area contributed by atoms with Crippen LogP contribution >= 0.6 is 0 Å². The summed E-state index contributed by atoms with van der Waals surface area (Å²) in [6, 6.07) is 11.5. The van der Waals surface area contributed by atoms with E-state index in [-0.39, 0.29) is 11.7 Å². The van der Waals surface area contributed by atoms with Crippen LogP contribution < -0.4 is 5.32 Å². The summed E-state index contributed by atoms with van der Waals surface area (Å²) in [6.45, 7) is 1.67. The second-order valence-corrected chi connectivity index (χ2v) is 4.81. The third-order valence-electron chi connectivity index (χ3n) is 3.24. The summed E-state index contributed by atoms with van der Waals surface area (Å²) in [4.78, 5) is 16.0. The molecule has 0 aliphatic carbocycles. The highest BCUT2D eigenvalue weighted by atomic mass is 19.1. The first-order valence-electron chi connectivity index (χ1n) is 6.66. The SMILES string of the molecule is Cc1ccc(NC(=O)c2ccc(-n3cncn3)cc2)cc1F. The smallest absolute Gasteiger partial charge is 0.255 e. The van der Waals surface area contributed by atoms with Crippen molar-refractivity contribution in [2.24, 2.45) is 0 Å². The number of carbonyl (C=O) groups is 1. The van der Waals surface area contributed by atoms with Crippen LogP contribution in [0, 0.1) is 12.7 Å². The Balaban J connectivity index is 1.76. The third-order valence-corrected chi connectivity index (χ3v) is 3.24. The molecule has 1 amide bonds. The van der Waals surface area contributed by atoms with Crippen LogP contribution in [-0.4, -0.2) is 20.7 Å². The van der Waals surface area contributed by atoms with Gasteiger partial charge in [-0.05, 0) is 48.9 Å². The number of halogens is 1. The van der Waals surface area contributed by atoms with Gasteiger partial charge in [-0.3, -0.25) is 4.79 Å². The molecule has 0 aliphatic heterocycles. The summed E-state index contributed by atoms with van der Waals surface area (Å²) in [5.74, 6) is -0.646.